The average molecular weight is 350 g/mol. The summed E-state index contributed by atoms with van der Waals surface area (Å²) in [4.78, 5) is 20.6. The van der Waals surface area contributed by atoms with E-state index in [-0.39, 0.29) is 5.91 Å². The smallest absolute Gasteiger partial charge is 0.222 e. The molecule has 0 saturated heterocycles. The summed E-state index contributed by atoms with van der Waals surface area (Å²) in [6.45, 7) is 4.93. The maximum Gasteiger partial charge on any atom is 0.222 e. The fourth-order valence-corrected chi connectivity index (χ4v) is 2.59. The Hall–Kier alpha value is -3.22. The number of hydrogen-bond donors (Lipinski definition) is 2. The van der Waals surface area contributed by atoms with Crippen molar-refractivity contribution in [1.29, 1.82) is 0 Å². The molecule has 0 atom stereocenters. The maximum atomic E-state index is 11.9. The van der Waals surface area contributed by atoms with E-state index in [1.165, 1.54) is 0 Å². The summed E-state index contributed by atoms with van der Waals surface area (Å²) in [5.41, 5.74) is 3.00. The third-order valence-electron chi connectivity index (χ3n) is 3.84. The Balaban J connectivity index is 1.50. The average Bonchev–Trinajstić information content (AvgIpc) is 2.99. The van der Waals surface area contributed by atoms with Crippen LogP contribution in [0.3, 0.4) is 0 Å². The number of nitrogens with zero attached hydrogens (tertiary/aromatic N) is 4. The monoisotopic (exact) mass is 350 g/mol. The summed E-state index contributed by atoms with van der Waals surface area (Å²) < 4.78 is 1.75. The van der Waals surface area contributed by atoms with Gasteiger partial charge in [-0.3, -0.25) is 9.78 Å². The van der Waals surface area contributed by atoms with Crippen molar-refractivity contribution >= 4 is 11.7 Å². The Labute approximate surface area is 152 Å². The van der Waals surface area contributed by atoms with Crippen LogP contribution in [-0.2, 0) is 11.3 Å². The van der Waals surface area contributed by atoms with E-state index in [0.29, 0.717) is 31.1 Å². The van der Waals surface area contributed by atoms with E-state index in [2.05, 4.69) is 25.7 Å². The van der Waals surface area contributed by atoms with Crippen LogP contribution in [0.4, 0.5) is 5.82 Å². The van der Waals surface area contributed by atoms with E-state index in [0.717, 1.165) is 17.0 Å². The standard InChI is InChI=1S/C19H22N6O/c1-14-10-15(2)25(24-14)18-13-20-12-17(23-18)21-9-8-19(26)22-11-16-6-4-3-5-7-16/h3-7,10,12-13H,8-9,11H2,1-2H3,(H,21,23)(H,22,26). The molecule has 0 aliphatic heterocycles. The van der Waals surface area contributed by atoms with Gasteiger partial charge >= 0.3 is 0 Å². The number of anilines is 1. The molecule has 0 bridgehead atoms. The highest BCUT2D eigenvalue weighted by Crippen LogP contribution is 2.11. The fraction of sp³-hybridized carbons (Fsp3) is 0.263. The van der Waals surface area contributed by atoms with Gasteiger partial charge < -0.3 is 10.6 Å². The van der Waals surface area contributed by atoms with Gasteiger partial charge in [-0.25, -0.2) is 9.67 Å². The van der Waals surface area contributed by atoms with Crippen LogP contribution in [0, 0.1) is 13.8 Å². The molecule has 2 heterocycles. The highest BCUT2D eigenvalue weighted by Gasteiger charge is 2.07. The predicted molar refractivity (Wildman–Crippen MR) is 100 cm³/mol. The lowest BCUT2D eigenvalue weighted by atomic mass is 10.2. The number of nitrogens with one attached hydrogen (secondary N) is 2. The lowest BCUT2D eigenvalue weighted by molar-refractivity contribution is -0.121. The zero-order valence-electron chi connectivity index (χ0n) is 14.9. The Kier molecular flexibility index (Phi) is 5.58. The lowest BCUT2D eigenvalue weighted by Crippen LogP contribution is -2.25. The third kappa shape index (κ3) is 4.66. The molecule has 26 heavy (non-hydrogen) atoms. The topological polar surface area (TPSA) is 84.7 Å². The Morgan fingerprint density at radius 1 is 1.15 bits per heavy atom. The van der Waals surface area contributed by atoms with E-state index in [1.54, 1.807) is 17.1 Å². The lowest BCUT2D eigenvalue weighted by Gasteiger charge is -2.08. The van der Waals surface area contributed by atoms with Gasteiger partial charge in [0.25, 0.3) is 0 Å². The first-order valence-electron chi connectivity index (χ1n) is 8.52. The Morgan fingerprint density at radius 3 is 2.69 bits per heavy atom. The molecule has 0 unspecified atom stereocenters. The van der Waals surface area contributed by atoms with Crippen LogP contribution in [0.2, 0.25) is 0 Å². The fourth-order valence-electron chi connectivity index (χ4n) is 2.59. The van der Waals surface area contributed by atoms with E-state index < -0.39 is 0 Å². The number of hydrogen-bond acceptors (Lipinski definition) is 5. The van der Waals surface area contributed by atoms with Crippen molar-refractivity contribution in [1.82, 2.24) is 25.1 Å². The minimum atomic E-state index is -0.0102. The summed E-state index contributed by atoms with van der Waals surface area (Å²) in [6.07, 6.45) is 3.66. The van der Waals surface area contributed by atoms with Gasteiger partial charge in [-0.2, -0.15) is 5.10 Å². The van der Waals surface area contributed by atoms with Gasteiger partial charge in [0, 0.05) is 25.2 Å². The van der Waals surface area contributed by atoms with Gasteiger partial charge in [0.2, 0.25) is 5.91 Å². The second-order valence-electron chi connectivity index (χ2n) is 6.04. The highest BCUT2D eigenvalue weighted by atomic mass is 16.1. The van der Waals surface area contributed by atoms with Gasteiger partial charge in [-0.05, 0) is 25.5 Å². The van der Waals surface area contributed by atoms with Crippen molar-refractivity contribution in [3.63, 3.8) is 0 Å². The van der Waals surface area contributed by atoms with Crippen LogP contribution < -0.4 is 10.6 Å². The van der Waals surface area contributed by atoms with Crippen molar-refractivity contribution in [2.75, 3.05) is 11.9 Å². The molecule has 0 spiro atoms. The van der Waals surface area contributed by atoms with E-state index >= 15 is 0 Å². The van der Waals surface area contributed by atoms with Crippen LogP contribution in [0.25, 0.3) is 5.82 Å². The van der Waals surface area contributed by atoms with Crippen LogP contribution in [0.15, 0.2) is 48.8 Å². The molecule has 0 radical (unpaired) electrons. The molecule has 0 aliphatic rings. The number of rotatable bonds is 7. The van der Waals surface area contributed by atoms with E-state index in [9.17, 15) is 4.79 Å². The number of aromatic nitrogens is 4. The number of carbonyl (C=O) groups is 1. The molecule has 1 amide bonds. The molecule has 1 aromatic carbocycles. The summed E-state index contributed by atoms with van der Waals surface area (Å²) in [5, 5.41) is 10.4. The molecule has 3 rings (SSSR count). The molecule has 0 aliphatic carbocycles. The zero-order valence-corrected chi connectivity index (χ0v) is 14.9. The van der Waals surface area contributed by atoms with Crippen LogP contribution in [-0.4, -0.2) is 32.2 Å². The second kappa shape index (κ2) is 8.24. The minimum absolute atomic E-state index is 0.0102. The molecule has 134 valence electrons. The SMILES string of the molecule is Cc1cc(C)n(-c2cncc(NCCC(=O)NCc3ccccc3)n2)n1. The quantitative estimate of drug-likeness (QED) is 0.683. The van der Waals surface area contributed by atoms with Gasteiger partial charge in [-0.1, -0.05) is 30.3 Å². The molecule has 7 nitrogen and oxygen atoms in total. The van der Waals surface area contributed by atoms with E-state index in [4.69, 9.17) is 0 Å². The van der Waals surface area contributed by atoms with Crippen molar-refractivity contribution < 1.29 is 4.79 Å². The third-order valence-corrected chi connectivity index (χ3v) is 3.84. The number of aryl methyl sites for hydroxylation is 2. The summed E-state index contributed by atoms with van der Waals surface area (Å²) >= 11 is 0. The predicted octanol–water partition coefficient (Wildman–Crippen LogP) is 2.40. The van der Waals surface area contributed by atoms with Gasteiger partial charge in [0.15, 0.2) is 5.82 Å². The number of amides is 1. The first kappa shape index (κ1) is 17.6. The second-order valence-corrected chi connectivity index (χ2v) is 6.04. The normalized spacial score (nSPS) is 10.5. The van der Waals surface area contributed by atoms with Crippen LogP contribution in [0.1, 0.15) is 23.4 Å². The zero-order chi connectivity index (χ0) is 18.4. The highest BCUT2D eigenvalue weighted by molar-refractivity contribution is 5.76. The van der Waals surface area contributed by atoms with E-state index in [1.807, 2.05) is 50.2 Å². The summed E-state index contributed by atoms with van der Waals surface area (Å²) in [7, 11) is 0. The van der Waals surface area contributed by atoms with Crippen molar-refractivity contribution in [2.45, 2.75) is 26.8 Å². The van der Waals surface area contributed by atoms with Gasteiger partial charge in [-0.15, -0.1) is 0 Å². The van der Waals surface area contributed by atoms with Crippen LogP contribution in [0.5, 0.6) is 0 Å². The van der Waals surface area contributed by atoms with Gasteiger partial charge in [0.05, 0.1) is 18.1 Å². The molecule has 0 fully saturated rings. The Bertz CT molecular complexity index is 875. The summed E-state index contributed by atoms with van der Waals surface area (Å²) in [6, 6.07) is 11.8. The first-order valence-corrected chi connectivity index (χ1v) is 8.52. The Morgan fingerprint density at radius 2 is 1.96 bits per heavy atom. The minimum Gasteiger partial charge on any atom is -0.368 e. The van der Waals surface area contributed by atoms with Crippen LogP contribution >= 0.6 is 0 Å². The molecule has 7 heteroatoms. The molecule has 3 aromatic rings. The van der Waals surface area contributed by atoms with Crippen molar-refractivity contribution in [2.24, 2.45) is 0 Å². The molecule has 0 saturated carbocycles. The number of benzene rings is 1. The maximum absolute atomic E-state index is 11.9. The van der Waals surface area contributed by atoms with Crippen molar-refractivity contribution in [3.05, 3.63) is 65.7 Å². The summed E-state index contributed by atoms with van der Waals surface area (Å²) in [5.74, 6) is 1.25. The molecular formula is C19H22N6O. The first-order chi connectivity index (χ1) is 12.6. The molecule has 2 N–H and O–H groups in total. The van der Waals surface area contributed by atoms with Crippen molar-refractivity contribution in [3.8, 4) is 5.82 Å². The van der Waals surface area contributed by atoms with Gasteiger partial charge in [0.1, 0.15) is 5.82 Å². The number of carbonyl (C=O) groups excluding carboxylic acids is 1. The largest absolute Gasteiger partial charge is 0.368 e. The molecular weight excluding hydrogens is 328 g/mol. The molecule has 2 aromatic heterocycles.